The van der Waals surface area contributed by atoms with Crippen LogP contribution in [-0.4, -0.2) is 10.4 Å². The summed E-state index contributed by atoms with van der Waals surface area (Å²) in [5, 5.41) is 14.3. The molecule has 2 atom stereocenters. The molecular formula is C60H42N4O2. The van der Waals surface area contributed by atoms with Crippen molar-refractivity contribution < 1.29 is 8.83 Å². The zero-order valence-electron chi connectivity index (χ0n) is 36.3. The van der Waals surface area contributed by atoms with E-state index in [9.17, 15) is 0 Å². The third kappa shape index (κ3) is 5.36. The van der Waals surface area contributed by atoms with Gasteiger partial charge in [-0.05, 0) is 75.8 Å². The van der Waals surface area contributed by atoms with E-state index in [4.69, 9.17) is 13.8 Å². The molecular weight excluding hydrogens is 809 g/mol. The van der Waals surface area contributed by atoms with Gasteiger partial charge in [-0.15, -0.1) is 0 Å². The van der Waals surface area contributed by atoms with Crippen molar-refractivity contribution in [1.29, 1.82) is 0 Å². The lowest BCUT2D eigenvalue weighted by atomic mass is 9.82. The fourth-order valence-electron chi connectivity index (χ4n) is 11.1. The molecule has 6 nitrogen and oxygen atoms in total. The Bertz CT molecular complexity index is 3990. The Kier molecular flexibility index (Phi) is 7.84. The second-order valence-electron chi connectivity index (χ2n) is 18.3. The van der Waals surface area contributed by atoms with E-state index < -0.39 is 6.17 Å². The van der Waals surface area contributed by atoms with Gasteiger partial charge in [-0.3, -0.25) is 5.32 Å². The van der Waals surface area contributed by atoms with Gasteiger partial charge in [0.05, 0.1) is 16.7 Å². The first kappa shape index (κ1) is 37.2. The molecule has 0 radical (unpaired) electrons. The van der Waals surface area contributed by atoms with Crippen molar-refractivity contribution in [3.8, 4) is 27.9 Å². The molecule has 6 heteroatoms. The van der Waals surface area contributed by atoms with E-state index in [0.717, 1.165) is 94.3 Å². The van der Waals surface area contributed by atoms with Gasteiger partial charge >= 0.3 is 0 Å². The molecule has 0 saturated carbocycles. The van der Waals surface area contributed by atoms with E-state index in [1.807, 2.05) is 18.2 Å². The van der Waals surface area contributed by atoms with Gasteiger partial charge < -0.3 is 18.7 Å². The highest BCUT2D eigenvalue weighted by atomic mass is 16.3. The SMILES string of the molecule is CC1(C)c2ccccc2-c2cc3c4ccccc4n(-c4cccc5c4oc4c(-c6ccc7c(c6)oc6ccccc67)c(C6N=C(c7ccccc7)NC(c7ccccc7)N6)ccc45)c3cc21. The van der Waals surface area contributed by atoms with Gasteiger partial charge in [-0.25, -0.2) is 4.99 Å². The summed E-state index contributed by atoms with van der Waals surface area (Å²) in [7, 11) is 0. The molecule has 0 amide bonds. The van der Waals surface area contributed by atoms with Crippen LogP contribution >= 0.6 is 0 Å². The third-order valence-corrected chi connectivity index (χ3v) is 14.3. The van der Waals surface area contributed by atoms with E-state index in [-0.39, 0.29) is 11.6 Å². The first-order valence-electron chi connectivity index (χ1n) is 22.8. The van der Waals surface area contributed by atoms with Crippen molar-refractivity contribution in [3.63, 3.8) is 0 Å². The number of furan rings is 2. The zero-order valence-corrected chi connectivity index (χ0v) is 36.3. The Morgan fingerprint density at radius 2 is 1.21 bits per heavy atom. The fourth-order valence-corrected chi connectivity index (χ4v) is 11.1. The van der Waals surface area contributed by atoms with E-state index in [0.29, 0.717) is 0 Å². The lowest BCUT2D eigenvalue weighted by molar-refractivity contribution is 0.409. The molecule has 9 aromatic carbocycles. The number of hydrogen-bond donors (Lipinski definition) is 2. The molecule has 2 unspecified atom stereocenters. The van der Waals surface area contributed by atoms with Gasteiger partial charge in [0.25, 0.3) is 0 Å². The van der Waals surface area contributed by atoms with Gasteiger partial charge in [-0.2, -0.15) is 0 Å². The standard InChI is InChI=1S/C60H42N4O2/c1-60(2)47-24-12-9-20-38(47)45-33-46-39-21-10-13-25-49(39)64(51(46)34-48(45)60)50-26-15-23-42-43-30-31-44(59-62-57(35-16-5-3-6-17-35)61-58(63-59)36-18-7-4-8-19-36)54(56(43)66-55(42)50)37-28-29-41-40-22-11-14-27-52(40)65-53(41)32-37/h3-34,57,59,62H,1-2H3,(H,61,63). The Balaban J connectivity index is 1.03. The number of benzene rings is 9. The van der Waals surface area contributed by atoms with Crippen molar-refractivity contribution in [2.75, 3.05) is 0 Å². The van der Waals surface area contributed by atoms with E-state index in [1.165, 1.54) is 33.0 Å². The highest BCUT2D eigenvalue weighted by Crippen LogP contribution is 2.52. The fraction of sp³-hybridized carbons (Fsp3) is 0.0833. The van der Waals surface area contributed by atoms with Crippen LogP contribution in [0.15, 0.2) is 208 Å². The number of aromatic nitrogens is 1. The van der Waals surface area contributed by atoms with Crippen molar-refractivity contribution in [1.82, 2.24) is 15.2 Å². The molecule has 314 valence electrons. The molecule has 2 aliphatic rings. The summed E-state index contributed by atoms with van der Waals surface area (Å²) < 4.78 is 16.4. The van der Waals surface area contributed by atoms with Crippen LogP contribution in [0.25, 0.3) is 93.6 Å². The minimum Gasteiger partial charge on any atom is -0.456 e. The van der Waals surface area contributed by atoms with Gasteiger partial charge in [-0.1, -0.05) is 166 Å². The Morgan fingerprint density at radius 1 is 0.500 bits per heavy atom. The lowest BCUT2D eigenvalue weighted by Gasteiger charge is -2.33. The summed E-state index contributed by atoms with van der Waals surface area (Å²) in [6, 6.07) is 69.3. The first-order chi connectivity index (χ1) is 32.5. The molecule has 3 aromatic heterocycles. The molecule has 0 bridgehead atoms. The zero-order chi connectivity index (χ0) is 43.7. The number of rotatable bonds is 5. The normalized spacial score (nSPS) is 16.6. The molecule has 66 heavy (non-hydrogen) atoms. The van der Waals surface area contributed by atoms with Crippen LogP contribution in [0.3, 0.4) is 0 Å². The predicted octanol–water partition coefficient (Wildman–Crippen LogP) is 14.9. The summed E-state index contributed by atoms with van der Waals surface area (Å²) in [5.41, 5.74) is 16.9. The molecule has 0 fully saturated rings. The molecule has 2 N–H and O–H groups in total. The molecule has 14 rings (SSSR count). The van der Waals surface area contributed by atoms with Crippen molar-refractivity contribution in [2.24, 2.45) is 4.99 Å². The van der Waals surface area contributed by atoms with Crippen LogP contribution in [-0.2, 0) is 5.41 Å². The van der Waals surface area contributed by atoms with Crippen molar-refractivity contribution >= 4 is 71.5 Å². The molecule has 0 saturated heterocycles. The van der Waals surface area contributed by atoms with Crippen LogP contribution in [0.1, 0.15) is 54.0 Å². The molecule has 1 aliphatic carbocycles. The average molecular weight is 851 g/mol. The average Bonchev–Trinajstić information content (AvgIpc) is 4.10. The number of nitrogens with one attached hydrogen (secondary N) is 2. The number of fused-ring (bicyclic) bond motifs is 12. The maximum atomic E-state index is 7.46. The molecule has 4 heterocycles. The maximum Gasteiger partial charge on any atom is 0.159 e. The van der Waals surface area contributed by atoms with Crippen molar-refractivity contribution in [2.45, 2.75) is 31.6 Å². The quantitative estimate of drug-likeness (QED) is 0.181. The van der Waals surface area contributed by atoms with E-state index >= 15 is 0 Å². The number of aliphatic imine (C=N–C) groups is 1. The summed E-state index contributed by atoms with van der Waals surface area (Å²) in [4.78, 5) is 5.45. The lowest BCUT2D eigenvalue weighted by Crippen LogP contribution is -2.45. The highest BCUT2D eigenvalue weighted by molar-refractivity contribution is 6.16. The van der Waals surface area contributed by atoms with Crippen LogP contribution in [0, 0.1) is 0 Å². The first-order valence-corrected chi connectivity index (χ1v) is 22.8. The van der Waals surface area contributed by atoms with Gasteiger partial charge in [0.1, 0.15) is 34.9 Å². The smallest absolute Gasteiger partial charge is 0.159 e. The minimum atomic E-state index is -0.433. The number of nitrogens with zero attached hydrogens (tertiary/aromatic N) is 2. The Morgan fingerprint density at radius 3 is 2.09 bits per heavy atom. The maximum absolute atomic E-state index is 7.46. The van der Waals surface area contributed by atoms with Crippen molar-refractivity contribution in [3.05, 3.63) is 222 Å². The molecule has 12 aromatic rings. The Hall–Kier alpha value is -8.19. The minimum absolute atomic E-state index is 0.149. The second-order valence-corrected chi connectivity index (χ2v) is 18.3. The van der Waals surface area contributed by atoms with E-state index in [1.54, 1.807) is 0 Å². The van der Waals surface area contributed by atoms with Crippen LogP contribution in [0.4, 0.5) is 0 Å². The van der Waals surface area contributed by atoms with Gasteiger partial charge in [0.15, 0.2) is 5.58 Å². The predicted molar refractivity (Wildman–Crippen MR) is 270 cm³/mol. The summed E-state index contributed by atoms with van der Waals surface area (Å²) in [6.45, 7) is 4.70. The van der Waals surface area contributed by atoms with Gasteiger partial charge in [0, 0.05) is 54.4 Å². The van der Waals surface area contributed by atoms with E-state index in [2.05, 4.69) is 205 Å². The van der Waals surface area contributed by atoms with Crippen LogP contribution in [0.5, 0.6) is 0 Å². The summed E-state index contributed by atoms with van der Waals surface area (Å²) in [6.07, 6.45) is -0.640. The highest BCUT2D eigenvalue weighted by Gasteiger charge is 2.36. The third-order valence-electron chi connectivity index (χ3n) is 14.3. The summed E-state index contributed by atoms with van der Waals surface area (Å²) >= 11 is 0. The summed E-state index contributed by atoms with van der Waals surface area (Å²) in [5.74, 6) is 0.822. The monoisotopic (exact) mass is 850 g/mol. The Labute approximate surface area is 380 Å². The largest absolute Gasteiger partial charge is 0.456 e. The van der Waals surface area contributed by atoms with Crippen LogP contribution < -0.4 is 10.6 Å². The molecule has 0 spiro atoms. The number of para-hydroxylation sites is 3. The van der Waals surface area contributed by atoms with Crippen LogP contribution in [0.2, 0.25) is 0 Å². The number of hydrogen-bond acceptors (Lipinski definition) is 5. The molecule has 1 aliphatic heterocycles. The number of amidine groups is 1. The van der Waals surface area contributed by atoms with Gasteiger partial charge in [0.2, 0.25) is 0 Å². The second kappa shape index (κ2) is 13.9. The topological polar surface area (TPSA) is 67.6 Å².